The highest BCUT2D eigenvalue weighted by molar-refractivity contribution is 7.13. The van der Waals surface area contributed by atoms with Gasteiger partial charge >= 0.3 is 6.18 Å². The first kappa shape index (κ1) is 18.4. The summed E-state index contributed by atoms with van der Waals surface area (Å²) >= 11 is 1.25. The van der Waals surface area contributed by atoms with E-state index in [0.29, 0.717) is 26.6 Å². The molecule has 11 heteroatoms. The molecule has 4 aromatic rings. The van der Waals surface area contributed by atoms with E-state index in [1.54, 1.807) is 35.7 Å². The molecule has 30 heavy (non-hydrogen) atoms. The Morgan fingerprint density at radius 3 is 2.77 bits per heavy atom. The molecule has 152 valence electrons. The maximum absolute atomic E-state index is 13.6. The van der Waals surface area contributed by atoms with Crippen LogP contribution in [0.2, 0.25) is 0 Å². The number of thiophene rings is 1. The van der Waals surface area contributed by atoms with Gasteiger partial charge in [-0.1, -0.05) is 6.07 Å². The fraction of sp³-hybridized carbons (Fsp3) is 0.105. The first-order valence-corrected chi connectivity index (χ1v) is 9.49. The van der Waals surface area contributed by atoms with Gasteiger partial charge in [-0.25, -0.2) is 9.50 Å². The number of amides is 1. The van der Waals surface area contributed by atoms with Gasteiger partial charge in [0, 0.05) is 11.8 Å². The fourth-order valence-corrected chi connectivity index (χ4v) is 3.73. The number of nitrogens with one attached hydrogen (secondary N) is 1. The van der Waals surface area contributed by atoms with E-state index in [4.69, 9.17) is 9.47 Å². The van der Waals surface area contributed by atoms with Crippen LogP contribution in [0, 0.1) is 0 Å². The maximum Gasteiger partial charge on any atom is 0.433 e. The molecule has 5 rings (SSSR count). The van der Waals surface area contributed by atoms with Crippen LogP contribution in [0.4, 0.5) is 18.9 Å². The standard InChI is InChI=1S/C19H11F3N4O3S/c20-19(21,22)16-7-12(15-2-1-5-30-15)25-17-11(8-23-26(16)17)18(27)24-10-3-4-13-14(6-10)29-9-28-13/h1-8H,9H2,(H,24,27). The van der Waals surface area contributed by atoms with E-state index in [0.717, 1.165) is 12.3 Å². The number of alkyl halides is 3. The number of benzene rings is 1. The Hall–Kier alpha value is -3.60. The van der Waals surface area contributed by atoms with Crippen molar-refractivity contribution in [2.45, 2.75) is 6.18 Å². The summed E-state index contributed by atoms with van der Waals surface area (Å²) in [5.74, 6) is 0.360. The summed E-state index contributed by atoms with van der Waals surface area (Å²) in [7, 11) is 0. The highest BCUT2D eigenvalue weighted by Crippen LogP contribution is 2.35. The number of ether oxygens (including phenoxy) is 2. The summed E-state index contributed by atoms with van der Waals surface area (Å²) in [5.41, 5.74) is -0.780. The van der Waals surface area contributed by atoms with E-state index >= 15 is 0 Å². The Balaban J connectivity index is 1.57. The predicted molar refractivity (Wildman–Crippen MR) is 102 cm³/mol. The number of carbonyl (C=O) groups excluding carboxylic acids is 1. The normalized spacial score (nSPS) is 13.0. The predicted octanol–water partition coefficient (Wildman–Crippen LogP) is 4.46. The molecule has 0 saturated heterocycles. The van der Waals surface area contributed by atoms with Crippen molar-refractivity contribution >= 4 is 28.6 Å². The van der Waals surface area contributed by atoms with Crippen LogP contribution in [0.25, 0.3) is 16.2 Å². The lowest BCUT2D eigenvalue weighted by Gasteiger charge is -2.11. The maximum atomic E-state index is 13.6. The van der Waals surface area contributed by atoms with Crippen LogP contribution in [0.5, 0.6) is 11.5 Å². The molecule has 1 aromatic carbocycles. The lowest BCUT2D eigenvalue weighted by Crippen LogP contribution is -2.15. The second kappa shape index (κ2) is 6.73. The zero-order valence-electron chi connectivity index (χ0n) is 14.9. The minimum absolute atomic E-state index is 0.0798. The molecule has 0 fully saturated rings. The van der Waals surface area contributed by atoms with Crippen LogP contribution in [0.1, 0.15) is 16.1 Å². The number of hydrogen-bond donors (Lipinski definition) is 1. The van der Waals surface area contributed by atoms with Crippen molar-refractivity contribution in [3.63, 3.8) is 0 Å². The Morgan fingerprint density at radius 1 is 1.17 bits per heavy atom. The Morgan fingerprint density at radius 2 is 2.00 bits per heavy atom. The number of hydrogen-bond acceptors (Lipinski definition) is 6. The summed E-state index contributed by atoms with van der Waals surface area (Å²) < 4.78 is 52.0. The van der Waals surface area contributed by atoms with Crippen molar-refractivity contribution < 1.29 is 27.4 Å². The number of halogens is 3. The van der Waals surface area contributed by atoms with E-state index in [1.807, 2.05) is 0 Å². The summed E-state index contributed by atoms with van der Waals surface area (Å²) in [6.07, 6.45) is -3.61. The van der Waals surface area contributed by atoms with Crippen molar-refractivity contribution in [2.75, 3.05) is 12.1 Å². The topological polar surface area (TPSA) is 77.8 Å². The number of fused-ring (bicyclic) bond motifs is 2. The van der Waals surface area contributed by atoms with Gasteiger partial charge in [-0.15, -0.1) is 11.3 Å². The Kier molecular flexibility index (Phi) is 4.13. The van der Waals surface area contributed by atoms with E-state index in [9.17, 15) is 18.0 Å². The van der Waals surface area contributed by atoms with E-state index in [-0.39, 0.29) is 23.7 Å². The minimum atomic E-state index is -4.68. The quantitative estimate of drug-likeness (QED) is 0.517. The van der Waals surface area contributed by atoms with Crippen LogP contribution in [-0.2, 0) is 6.18 Å². The first-order chi connectivity index (χ1) is 14.4. The molecule has 4 heterocycles. The molecule has 0 atom stereocenters. The Labute approximate surface area is 170 Å². The summed E-state index contributed by atoms with van der Waals surface area (Å²) in [5, 5.41) is 8.13. The van der Waals surface area contributed by atoms with Crippen molar-refractivity contribution in [3.05, 3.63) is 59.2 Å². The molecule has 1 aliphatic heterocycles. The minimum Gasteiger partial charge on any atom is -0.454 e. The first-order valence-electron chi connectivity index (χ1n) is 8.61. The zero-order chi connectivity index (χ0) is 20.9. The van der Waals surface area contributed by atoms with Gasteiger partial charge in [0.25, 0.3) is 5.91 Å². The van der Waals surface area contributed by atoms with Crippen molar-refractivity contribution in [1.29, 1.82) is 0 Å². The van der Waals surface area contributed by atoms with Crippen LogP contribution in [0.3, 0.4) is 0 Å². The highest BCUT2D eigenvalue weighted by Gasteiger charge is 2.36. The monoisotopic (exact) mass is 432 g/mol. The summed E-state index contributed by atoms with van der Waals surface area (Å²) in [6.45, 7) is 0.0798. The molecule has 1 N–H and O–H groups in total. The SMILES string of the molecule is O=C(Nc1ccc2c(c1)OCO2)c1cnn2c(C(F)(F)F)cc(-c3cccs3)nc12. The molecular formula is C19H11F3N4O3S. The molecule has 7 nitrogen and oxygen atoms in total. The third kappa shape index (κ3) is 3.12. The van der Waals surface area contributed by atoms with Gasteiger partial charge in [-0.3, -0.25) is 4.79 Å². The highest BCUT2D eigenvalue weighted by atomic mass is 32.1. The van der Waals surface area contributed by atoms with Crippen LogP contribution in [-0.4, -0.2) is 27.3 Å². The van der Waals surface area contributed by atoms with Crippen molar-refractivity contribution in [2.24, 2.45) is 0 Å². The van der Waals surface area contributed by atoms with E-state index in [1.165, 1.54) is 11.3 Å². The van der Waals surface area contributed by atoms with Gasteiger partial charge in [-0.05, 0) is 29.6 Å². The molecule has 0 saturated carbocycles. The van der Waals surface area contributed by atoms with E-state index in [2.05, 4.69) is 15.4 Å². The number of rotatable bonds is 3. The molecule has 0 aliphatic carbocycles. The van der Waals surface area contributed by atoms with Crippen LogP contribution < -0.4 is 14.8 Å². The molecule has 0 bridgehead atoms. The number of aromatic nitrogens is 3. The third-order valence-corrected chi connectivity index (χ3v) is 5.30. The number of nitrogens with zero attached hydrogens (tertiary/aromatic N) is 3. The van der Waals surface area contributed by atoms with Gasteiger partial charge in [0.05, 0.1) is 16.8 Å². The largest absolute Gasteiger partial charge is 0.454 e. The summed E-state index contributed by atoms with van der Waals surface area (Å²) in [6, 6.07) is 9.09. The van der Waals surface area contributed by atoms with Crippen LogP contribution in [0.15, 0.2) is 48.0 Å². The van der Waals surface area contributed by atoms with Gasteiger partial charge in [0.15, 0.2) is 22.8 Å². The van der Waals surface area contributed by atoms with Crippen molar-refractivity contribution in [3.8, 4) is 22.1 Å². The number of anilines is 1. The molecule has 1 aliphatic rings. The lowest BCUT2D eigenvalue weighted by molar-refractivity contribution is -0.142. The summed E-state index contributed by atoms with van der Waals surface area (Å²) in [4.78, 5) is 17.6. The van der Waals surface area contributed by atoms with Crippen LogP contribution >= 0.6 is 11.3 Å². The number of carbonyl (C=O) groups is 1. The second-order valence-corrected chi connectivity index (χ2v) is 7.27. The molecule has 3 aromatic heterocycles. The average molecular weight is 432 g/mol. The molecular weight excluding hydrogens is 421 g/mol. The van der Waals surface area contributed by atoms with Gasteiger partial charge in [-0.2, -0.15) is 18.3 Å². The van der Waals surface area contributed by atoms with Gasteiger partial charge in [0.1, 0.15) is 5.56 Å². The second-order valence-electron chi connectivity index (χ2n) is 6.32. The molecule has 1 amide bonds. The molecule has 0 radical (unpaired) electrons. The fourth-order valence-electron chi connectivity index (χ4n) is 3.05. The Bertz CT molecular complexity index is 1270. The zero-order valence-corrected chi connectivity index (χ0v) is 15.8. The average Bonchev–Trinajstić information content (AvgIpc) is 3.45. The van der Waals surface area contributed by atoms with E-state index < -0.39 is 17.8 Å². The van der Waals surface area contributed by atoms with Gasteiger partial charge < -0.3 is 14.8 Å². The third-order valence-electron chi connectivity index (χ3n) is 4.41. The van der Waals surface area contributed by atoms with Gasteiger partial charge in [0.2, 0.25) is 6.79 Å². The molecule has 0 unspecified atom stereocenters. The molecule has 0 spiro atoms. The smallest absolute Gasteiger partial charge is 0.433 e. The lowest BCUT2D eigenvalue weighted by atomic mass is 10.2. The van der Waals surface area contributed by atoms with Crippen molar-refractivity contribution in [1.82, 2.24) is 14.6 Å².